The average Bonchev–Trinajstić information content (AvgIpc) is 2.69. The summed E-state index contributed by atoms with van der Waals surface area (Å²) < 4.78 is 18.8. The fourth-order valence-corrected chi connectivity index (χ4v) is 2.99. The second kappa shape index (κ2) is 9.32. The van der Waals surface area contributed by atoms with E-state index >= 15 is 0 Å². The summed E-state index contributed by atoms with van der Waals surface area (Å²) in [4.78, 5) is 28.1. The molecule has 1 fully saturated rings. The Kier molecular flexibility index (Phi) is 6.60. The molecular weight excluding hydrogens is 361 g/mol. The fourth-order valence-electron chi connectivity index (χ4n) is 2.99. The third-order valence-corrected chi connectivity index (χ3v) is 4.62. The second-order valence-electron chi connectivity index (χ2n) is 6.79. The molecule has 3 rings (SSSR count). The summed E-state index contributed by atoms with van der Waals surface area (Å²) in [6.45, 7) is 4.30. The molecule has 1 saturated heterocycles. The summed E-state index contributed by atoms with van der Waals surface area (Å²) in [6.07, 6.45) is 0. The van der Waals surface area contributed by atoms with Crippen LogP contribution in [0.5, 0.6) is 5.75 Å². The molecule has 6 nitrogen and oxygen atoms in total. The first-order valence-corrected chi connectivity index (χ1v) is 9.25. The van der Waals surface area contributed by atoms with E-state index in [0.29, 0.717) is 26.2 Å². The molecule has 0 saturated carbocycles. The highest BCUT2D eigenvalue weighted by Crippen LogP contribution is 2.15. The number of carbonyl (C=O) groups excluding carboxylic acids is 2. The molecule has 7 heteroatoms. The van der Waals surface area contributed by atoms with Gasteiger partial charge in [0.2, 0.25) is 5.91 Å². The van der Waals surface area contributed by atoms with Crippen LogP contribution in [0.1, 0.15) is 5.56 Å². The lowest BCUT2D eigenvalue weighted by molar-refractivity contribution is -0.135. The van der Waals surface area contributed by atoms with Crippen molar-refractivity contribution in [1.29, 1.82) is 0 Å². The maximum absolute atomic E-state index is 13.5. The number of para-hydroxylation sites is 1. The second-order valence-corrected chi connectivity index (χ2v) is 6.79. The van der Waals surface area contributed by atoms with E-state index in [0.717, 1.165) is 11.3 Å². The van der Waals surface area contributed by atoms with Gasteiger partial charge in [0.05, 0.1) is 6.54 Å². The lowest BCUT2D eigenvalue weighted by atomic mass is 10.2. The van der Waals surface area contributed by atoms with Crippen LogP contribution in [-0.2, 0) is 9.59 Å². The van der Waals surface area contributed by atoms with Crippen molar-refractivity contribution in [1.82, 2.24) is 9.80 Å². The summed E-state index contributed by atoms with van der Waals surface area (Å²) in [5.41, 5.74) is 1.91. The number of amides is 2. The molecule has 0 bridgehead atoms. The van der Waals surface area contributed by atoms with E-state index in [9.17, 15) is 14.0 Å². The molecule has 28 heavy (non-hydrogen) atoms. The molecule has 1 N–H and O–H groups in total. The first-order valence-electron chi connectivity index (χ1n) is 9.25. The third-order valence-electron chi connectivity index (χ3n) is 4.62. The number of halogens is 1. The van der Waals surface area contributed by atoms with Crippen LogP contribution in [0, 0.1) is 12.7 Å². The van der Waals surface area contributed by atoms with Crippen LogP contribution >= 0.6 is 0 Å². The number of benzene rings is 2. The summed E-state index contributed by atoms with van der Waals surface area (Å²) in [7, 11) is 0. The SMILES string of the molecule is Cc1ccc(NC(=O)CN2CCN(C(=O)COc3ccccc3F)CC2)cc1. The molecule has 0 unspecified atom stereocenters. The molecule has 1 aliphatic rings. The Labute approximate surface area is 163 Å². The van der Waals surface area contributed by atoms with Gasteiger partial charge in [-0.3, -0.25) is 14.5 Å². The Morgan fingerprint density at radius 1 is 1.04 bits per heavy atom. The predicted octanol–water partition coefficient (Wildman–Crippen LogP) is 2.30. The van der Waals surface area contributed by atoms with Crippen LogP contribution < -0.4 is 10.1 Å². The van der Waals surface area contributed by atoms with Gasteiger partial charge in [-0.1, -0.05) is 29.8 Å². The first-order chi connectivity index (χ1) is 13.5. The van der Waals surface area contributed by atoms with E-state index in [2.05, 4.69) is 5.32 Å². The van der Waals surface area contributed by atoms with Gasteiger partial charge in [-0.2, -0.15) is 0 Å². The number of piperazine rings is 1. The summed E-state index contributed by atoms with van der Waals surface area (Å²) in [6, 6.07) is 13.7. The van der Waals surface area contributed by atoms with E-state index in [4.69, 9.17) is 4.74 Å². The number of nitrogens with zero attached hydrogens (tertiary/aromatic N) is 2. The normalized spacial score (nSPS) is 14.6. The minimum absolute atomic E-state index is 0.0715. The lowest BCUT2D eigenvalue weighted by Gasteiger charge is -2.34. The molecule has 0 aliphatic carbocycles. The Balaban J connectivity index is 1.40. The van der Waals surface area contributed by atoms with Crippen molar-refractivity contribution in [3.8, 4) is 5.75 Å². The highest BCUT2D eigenvalue weighted by atomic mass is 19.1. The van der Waals surface area contributed by atoms with Gasteiger partial charge in [-0.15, -0.1) is 0 Å². The van der Waals surface area contributed by atoms with Gasteiger partial charge in [0.15, 0.2) is 18.2 Å². The van der Waals surface area contributed by atoms with Crippen molar-refractivity contribution in [3.05, 3.63) is 59.9 Å². The van der Waals surface area contributed by atoms with Crippen molar-refractivity contribution < 1.29 is 18.7 Å². The van der Waals surface area contributed by atoms with E-state index in [1.807, 2.05) is 36.1 Å². The Morgan fingerprint density at radius 2 is 1.71 bits per heavy atom. The van der Waals surface area contributed by atoms with E-state index in [-0.39, 0.29) is 30.7 Å². The molecule has 0 aromatic heterocycles. The number of hydrogen-bond donors (Lipinski definition) is 1. The zero-order valence-electron chi connectivity index (χ0n) is 15.9. The zero-order valence-corrected chi connectivity index (χ0v) is 15.9. The first kappa shape index (κ1) is 19.8. The molecule has 148 valence electrons. The van der Waals surface area contributed by atoms with Gasteiger partial charge in [0.1, 0.15) is 0 Å². The van der Waals surface area contributed by atoms with Crippen LogP contribution in [0.15, 0.2) is 48.5 Å². The number of nitrogens with one attached hydrogen (secondary N) is 1. The number of rotatable bonds is 6. The predicted molar refractivity (Wildman–Crippen MR) is 105 cm³/mol. The maximum Gasteiger partial charge on any atom is 0.260 e. The molecule has 0 atom stereocenters. The fraction of sp³-hybridized carbons (Fsp3) is 0.333. The molecule has 0 spiro atoms. The van der Waals surface area contributed by atoms with Crippen LogP contribution in [0.4, 0.5) is 10.1 Å². The van der Waals surface area contributed by atoms with Gasteiger partial charge in [-0.25, -0.2) is 4.39 Å². The standard InChI is InChI=1S/C21H24FN3O3/c1-16-6-8-17(9-7-16)23-20(26)14-24-10-12-25(13-11-24)21(27)15-28-19-5-3-2-4-18(19)22/h2-9H,10-15H2,1H3,(H,23,26). The number of anilines is 1. The third kappa shape index (κ3) is 5.53. The number of hydrogen-bond acceptors (Lipinski definition) is 4. The number of ether oxygens (including phenoxy) is 1. The van der Waals surface area contributed by atoms with Crippen LogP contribution in [-0.4, -0.2) is 60.9 Å². The van der Waals surface area contributed by atoms with E-state index in [1.165, 1.54) is 12.1 Å². The summed E-state index contributed by atoms with van der Waals surface area (Å²) in [5, 5.41) is 2.88. The van der Waals surface area contributed by atoms with Crippen molar-refractivity contribution in [2.24, 2.45) is 0 Å². The van der Waals surface area contributed by atoms with Crippen LogP contribution in [0.25, 0.3) is 0 Å². The molecule has 2 aromatic carbocycles. The van der Waals surface area contributed by atoms with Gasteiger partial charge >= 0.3 is 0 Å². The Bertz CT molecular complexity index is 818. The minimum Gasteiger partial charge on any atom is -0.481 e. The van der Waals surface area contributed by atoms with Gasteiger partial charge in [-0.05, 0) is 31.2 Å². The van der Waals surface area contributed by atoms with Crippen molar-refractivity contribution in [2.75, 3.05) is 44.6 Å². The quantitative estimate of drug-likeness (QED) is 0.829. The number of aryl methyl sites for hydroxylation is 1. The molecular formula is C21H24FN3O3. The van der Waals surface area contributed by atoms with Gasteiger partial charge in [0.25, 0.3) is 5.91 Å². The van der Waals surface area contributed by atoms with Crippen LogP contribution in [0.2, 0.25) is 0 Å². The molecule has 2 aromatic rings. The topological polar surface area (TPSA) is 61.9 Å². The smallest absolute Gasteiger partial charge is 0.260 e. The zero-order chi connectivity index (χ0) is 19.9. The average molecular weight is 385 g/mol. The van der Waals surface area contributed by atoms with Crippen LogP contribution in [0.3, 0.4) is 0 Å². The molecule has 0 radical (unpaired) electrons. The molecule has 1 heterocycles. The Morgan fingerprint density at radius 3 is 2.39 bits per heavy atom. The largest absolute Gasteiger partial charge is 0.481 e. The number of carbonyl (C=O) groups is 2. The highest BCUT2D eigenvalue weighted by Gasteiger charge is 2.23. The molecule has 1 aliphatic heterocycles. The monoisotopic (exact) mass is 385 g/mol. The van der Waals surface area contributed by atoms with Gasteiger partial charge < -0.3 is 15.0 Å². The lowest BCUT2D eigenvalue weighted by Crippen LogP contribution is -2.51. The summed E-state index contributed by atoms with van der Waals surface area (Å²) in [5.74, 6) is -0.680. The van der Waals surface area contributed by atoms with Crippen molar-refractivity contribution in [3.63, 3.8) is 0 Å². The van der Waals surface area contributed by atoms with Gasteiger partial charge in [0, 0.05) is 31.9 Å². The van der Waals surface area contributed by atoms with Crippen molar-refractivity contribution in [2.45, 2.75) is 6.92 Å². The molecule has 2 amide bonds. The maximum atomic E-state index is 13.5. The highest BCUT2D eigenvalue weighted by molar-refractivity contribution is 5.92. The Hall–Kier alpha value is -2.93. The van der Waals surface area contributed by atoms with Crippen molar-refractivity contribution >= 4 is 17.5 Å². The summed E-state index contributed by atoms with van der Waals surface area (Å²) >= 11 is 0. The minimum atomic E-state index is -0.486. The van der Waals surface area contributed by atoms with E-state index < -0.39 is 5.82 Å². The van der Waals surface area contributed by atoms with E-state index in [1.54, 1.807) is 17.0 Å².